The number of aryl methyl sites for hydroxylation is 1. The maximum Gasteiger partial charge on any atom is 0.409 e. The van der Waals surface area contributed by atoms with Gasteiger partial charge in [0.15, 0.2) is 0 Å². The monoisotopic (exact) mass is 375 g/mol. The molecule has 1 atom stereocenters. The summed E-state index contributed by atoms with van der Waals surface area (Å²) < 4.78 is 5.00. The Morgan fingerprint density at radius 2 is 1.74 bits per heavy atom. The van der Waals surface area contributed by atoms with Gasteiger partial charge in [0.1, 0.15) is 6.04 Å². The Balaban J connectivity index is 1.99. The quantitative estimate of drug-likeness (QED) is 0.854. The van der Waals surface area contributed by atoms with E-state index < -0.39 is 6.04 Å². The molecule has 7 nitrogen and oxygen atoms in total. The summed E-state index contributed by atoms with van der Waals surface area (Å²) in [5.41, 5.74) is 1.53. The minimum atomic E-state index is -0.604. The largest absolute Gasteiger partial charge is 0.450 e. The van der Waals surface area contributed by atoms with Crippen LogP contribution >= 0.6 is 0 Å². The van der Waals surface area contributed by atoms with Crippen molar-refractivity contribution in [3.63, 3.8) is 0 Å². The van der Waals surface area contributed by atoms with Crippen LogP contribution in [0.25, 0.3) is 0 Å². The highest BCUT2D eigenvalue weighted by Gasteiger charge is 2.32. The summed E-state index contributed by atoms with van der Waals surface area (Å²) in [4.78, 5) is 40.6. The fraction of sp³-hybridized carbons (Fsp3) is 0.550. The SMILES string of the molecule is CCOC(=O)N1CCN(C(=O)[C@@H](NC(=O)c2cccc(C)c2)C(C)C)CC1. The molecule has 0 saturated carbocycles. The van der Waals surface area contributed by atoms with Crippen molar-refractivity contribution in [3.8, 4) is 0 Å². The van der Waals surface area contributed by atoms with Gasteiger partial charge < -0.3 is 19.9 Å². The van der Waals surface area contributed by atoms with Gasteiger partial charge in [0, 0.05) is 31.7 Å². The van der Waals surface area contributed by atoms with Gasteiger partial charge in [0.2, 0.25) is 5.91 Å². The lowest BCUT2D eigenvalue weighted by Crippen LogP contribution is -2.57. The van der Waals surface area contributed by atoms with Crippen LogP contribution in [-0.4, -0.2) is 66.5 Å². The molecular formula is C20H29N3O4. The number of nitrogens with one attached hydrogen (secondary N) is 1. The van der Waals surface area contributed by atoms with E-state index in [1.165, 1.54) is 0 Å². The first-order valence-corrected chi connectivity index (χ1v) is 9.41. The van der Waals surface area contributed by atoms with E-state index in [0.717, 1.165) is 5.56 Å². The standard InChI is InChI=1S/C20H29N3O4/c1-5-27-20(26)23-11-9-22(10-12-23)19(25)17(14(2)3)21-18(24)16-8-6-7-15(4)13-16/h6-8,13-14,17H,5,9-12H2,1-4H3,(H,21,24)/t17-/m0/s1. The molecule has 0 spiro atoms. The van der Waals surface area contributed by atoms with Gasteiger partial charge in [-0.3, -0.25) is 9.59 Å². The average Bonchev–Trinajstić information content (AvgIpc) is 2.65. The molecule has 1 aliphatic heterocycles. The van der Waals surface area contributed by atoms with Crippen molar-refractivity contribution in [3.05, 3.63) is 35.4 Å². The second kappa shape index (κ2) is 9.39. The summed E-state index contributed by atoms with van der Waals surface area (Å²) in [6.07, 6.45) is -0.349. The smallest absolute Gasteiger partial charge is 0.409 e. The van der Waals surface area contributed by atoms with Gasteiger partial charge >= 0.3 is 6.09 Å². The summed E-state index contributed by atoms with van der Waals surface area (Å²) in [5, 5.41) is 2.88. The Labute approximate surface area is 160 Å². The van der Waals surface area contributed by atoms with Gasteiger partial charge in [-0.1, -0.05) is 31.5 Å². The lowest BCUT2D eigenvalue weighted by atomic mass is 10.0. The van der Waals surface area contributed by atoms with Crippen molar-refractivity contribution in [1.82, 2.24) is 15.1 Å². The van der Waals surface area contributed by atoms with E-state index in [2.05, 4.69) is 5.32 Å². The van der Waals surface area contributed by atoms with Crippen LogP contribution in [0.15, 0.2) is 24.3 Å². The number of hydrogen-bond acceptors (Lipinski definition) is 4. The molecule has 0 bridgehead atoms. The third kappa shape index (κ3) is 5.45. The number of ether oxygens (including phenoxy) is 1. The number of nitrogens with zero attached hydrogens (tertiary/aromatic N) is 2. The third-order valence-corrected chi connectivity index (χ3v) is 4.62. The van der Waals surface area contributed by atoms with E-state index >= 15 is 0 Å². The highest BCUT2D eigenvalue weighted by Crippen LogP contribution is 2.12. The molecular weight excluding hydrogens is 346 g/mol. The van der Waals surface area contributed by atoms with Crippen LogP contribution in [-0.2, 0) is 9.53 Å². The fourth-order valence-electron chi connectivity index (χ4n) is 3.05. The van der Waals surface area contributed by atoms with Crippen molar-refractivity contribution in [2.45, 2.75) is 33.7 Å². The molecule has 3 amide bonds. The predicted molar refractivity (Wildman–Crippen MR) is 102 cm³/mol. The molecule has 2 rings (SSSR count). The lowest BCUT2D eigenvalue weighted by molar-refractivity contribution is -0.135. The van der Waals surface area contributed by atoms with Crippen molar-refractivity contribution >= 4 is 17.9 Å². The summed E-state index contributed by atoms with van der Waals surface area (Å²) in [6.45, 7) is 9.57. The van der Waals surface area contributed by atoms with Crippen molar-refractivity contribution in [2.24, 2.45) is 5.92 Å². The van der Waals surface area contributed by atoms with Crippen LogP contribution < -0.4 is 5.32 Å². The number of rotatable bonds is 5. The molecule has 27 heavy (non-hydrogen) atoms. The van der Waals surface area contributed by atoms with E-state index in [1.54, 1.807) is 28.9 Å². The van der Waals surface area contributed by atoms with Gasteiger partial charge in [-0.05, 0) is 31.9 Å². The van der Waals surface area contributed by atoms with Gasteiger partial charge in [-0.2, -0.15) is 0 Å². The number of benzene rings is 1. The van der Waals surface area contributed by atoms with Gasteiger partial charge in [0.25, 0.3) is 5.91 Å². The van der Waals surface area contributed by atoms with E-state index in [-0.39, 0.29) is 23.8 Å². The summed E-state index contributed by atoms with van der Waals surface area (Å²) in [5.74, 6) is -0.417. The first-order valence-electron chi connectivity index (χ1n) is 9.41. The summed E-state index contributed by atoms with van der Waals surface area (Å²) in [7, 11) is 0. The number of hydrogen-bond donors (Lipinski definition) is 1. The highest BCUT2D eigenvalue weighted by molar-refractivity contribution is 5.97. The molecule has 1 aromatic carbocycles. The van der Waals surface area contributed by atoms with Crippen LogP contribution in [0, 0.1) is 12.8 Å². The Kier molecular flexibility index (Phi) is 7.21. The van der Waals surface area contributed by atoms with Gasteiger partial charge in [0.05, 0.1) is 6.61 Å². The number of carbonyl (C=O) groups excluding carboxylic acids is 3. The van der Waals surface area contributed by atoms with E-state index in [1.807, 2.05) is 32.9 Å². The Hall–Kier alpha value is -2.57. The molecule has 1 heterocycles. The molecule has 148 valence electrons. The molecule has 0 unspecified atom stereocenters. The molecule has 7 heteroatoms. The van der Waals surface area contributed by atoms with Gasteiger partial charge in [-0.25, -0.2) is 4.79 Å². The molecule has 1 aliphatic rings. The van der Waals surface area contributed by atoms with Crippen molar-refractivity contribution < 1.29 is 19.1 Å². The van der Waals surface area contributed by atoms with Crippen LogP contribution in [0.2, 0.25) is 0 Å². The molecule has 1 saturated heterocycles. The number of piperazine rings is 1. The van der Waals surface area contributed by atoms with Crippen LogP contribution in [0.5, 0.6) is 0 Å². The van der Waals surface area contributed by atoms with E-state index in [9.17, 15) is 14.4 Å². The minimum Gasteiger partial charge on any atom is -0.450 e. The summed E-state index contributed by atoms with van der Waals surface area (Å²) in [6, 6.07) is 6.68. The molecule has 1 aromatic rings. The molecule has 1 fully saturated rings. The lowest BCUT2D eigenvalue weighted by Gasteiger charge is -2.36. The van der Waals surface area contributed by atoms with Crippen LogP contribution in [0.1, 0.15) is 36.7 Å². The third-order valence-electron chi connectivity index (χ3n) is 4.62. The van der Waals surface area contributed by atoms with Gasteiger partial charge in [-0.15, -0.1) is 0 Å². The predicted octanol–water partition coefficient (Wildman–Crippen LogP) is 2.05. The van der Waals surface area contributed by atoms with Crippen molar-refractivity contribution in [1.29, 1.82) is 0 Å². The Morgan fingerprint density at radius 1 is 1.11 bits per heavy atom. The molecule has 0 aromatic heterocycles. The topological polar surface area (TPSA) is 79.0 Å². The second-order valence-electron chi connectivity index (χ2n) is 7.08. The normalized spacial score (nSPS) is 15.4. The molecule has 1 N–H and O–H groups in total. The zero-order valence-electron chi connectivity index (χ0n) is 16.5. The molecule has 0 aliphatic carbocycles. The second-order valence-corrected chi connectivity index (χ2v) is 7.08. The first-order chi connectivity index (χ1) is 12.8. The Morgan fingerprint density at radius 3 is 2.30 bits per heavy atom. The Bertz CT molecular complexity index is 682. The maximum atomic E-state index is 13.0. The maximum absolute atomic E-state index is 13.0. The molecule has 0 radical (unpaired) electrons. The van der Waals surface area contributed by atoms with Crippen LogP contribution in [0.4, 0.5) is 4.79 Å². The highest BCUT2D eigenvalue weighted by atomic mass is 16.6. The van der Waals surface area contributed by atoms with E-state index in [4.69, 9.17) is 4.74 Å². The fourth-order valence-corrected chi connectivity index (χ4v) is 3.05. The average molecular weight is 375 g/mol. The zero-order valence-corrected chi connectivity index (χ0v) is 16.5. The van der Waals surface area contributed by atoms with E-state index in [0.29, 0.717) is 38.3 Å². The zero-order chi connectivity index (χ0) is 20.0. The summed E-state index contributed by atoms with van der Waals surface area (Å²) >= 11 is 0. The minimum absolute atomic E-state index is 0.0469. The van der Waals surface area contributed by atoms with Crippen molar-refractivity contribution in [2.75, 3.05) is 32.8 Å². The number of carbonyl (C=O) groups is 3. The first kappa shape index (κ1) is 20.7. The number of amides is 3. The van der Waals surface area contributed by atoms with Crippen LogP contribution in [0.3, 0.4) is 0 Å².